The highest BCUT2D eigenvalue weighted by Gasteiger charge is 2.05. The highest BCUT2D eigenvalue weighted by molar-refractivity contribution is 7.11. The Labute approximate surface area is 116 Å². The molecule has 5 heteroatoms. The first-order valence-electron chi connectivity index (χ1n) is 6.54. The summed E-state index contributed by atoms with van der Waals surface area (Å²) >= 11 is 1.62. The molecule has 1 aromatic carbocycles. The van der Waals surface area contributed by atoms with Crippen LogP contribution in [-0.2, 0) is 12.8 Å². The summed E-state index contributed by atoms with van der Waals surface area (Å²) in [4.78, 5) is 0. The fourth-order valence-corrected chi connectivity index (χ4v) is 2.74. The van der Waals surface area contributed by atoms with Gasteiger partial charge < -0.3 is 5.32 Å². The van der Waals surface area contributed by atoms with E-state index in [2.05, 4.69) is 22.4 Å². The maximum absolute atomic E-state index is 13.1. The van der Waals surface area contributed by atoms with Crippen molar-refractivity contribution >= 4 is 11.3 Å². The van der Waals surface area contributed by atoms with Gasteiger partial charge in [-0.2, -0.15) is 0 Å². The standard InChI is InChI=1S/C14H18FN3S/c1-2-16-8-4-7-13-17-18-14(19-13)10-11-5-3-6-12(15)9-11/h3,5-6,9,16H,2,4,7-8,10H2,1H3. The smallest absolute Gasteiger partial charge is 0.123 e. The zero-order valence-electron chi connectivity index (χ0n) is 11.0. The third kappa shape index (κ3) is 4.69. The van der Waals surface area contributed by atoms with Gasteiger partial charge in [-0.05, 0) is 37.2 Å². The van der Waals surface area contributed by atoms with Gasteiger partial charge in [0.15, 0.2) is 0 Å². The molecule has 1 heterocycles. The number of nitrogens with zero attached hydrogens (tertiary/aromatic N) is 2. The Bertz CT molecular complexity index is 513. The molecule has 1 N–H and O–H groups in total. The first kappa shape index (κ1) is 14.1. The van der Waals surface area contributed by atoms with E-state index in [0.717, 1.165) is 41.5 Å². The molecule has 0 saturated carbocycles. The van der Waals surface area contributed by atoms with Crippen molar-refractivity contribution in [1.82, 2.24) is 15.5 Å². The monoisotopic (exact) mass is 279 g/mol. The summed E-state index contributed by atoms with van der Waals surface area (Å²) in [5.74, 6) is -0.201. The number of aryl methyl sites for hydroxylation is 1. The van der Waals surface area contributed by atoms with E-state index in [-0.39, 0.29) is 5.82 Å². The number of benzene rings is 1. The van der Waals surface area contributed by atoms with E-state index in [9.17, 15) is 4.39 Å². The van der Waals surface area contributed by atoms with Crippen LogP contribution in [0.25, 0.3) is 0 Å². The second kappa shape index (κ2) is 7.31. The molecule has 0 bridgehead atoms. The molecular formula is C14H18FN3S. The van der Waals surface area contributed by atoms with Gasteiger partial charge in [-0.15, -0.1) is 21.5 Å². The van der Waals surface area contributed by atoms with Gasteiger partial charge in [0, 0.05) is 12.8 Å². The van der Waals surface area contributed by atoms with Crippen LogP contribution >= 0.6 is 11.3 Å². The number of aromatic nitrogens is 2. The minimum Gasteiger partial charge on any atom is -0.317 e. The minimum absolute atomic E-state index is 0.201. The third-order valence-electron chi connectivity index (χ3n) is 2.75. The van der Waals surface area contributed by atoms with E-state index in [1.807, 2.05) is 6.07 Å². The predicted octanol–water partition coefficient (Wildman–Crippen LogP) is 2.81. The summed E-state index contributed by atoms with van der Waals surface area (Å²) in [6, 6.07) is 6.64. The Morgan fingerprint density at radius 3 is 2.89 bits per heavy atom. The van der Waals surface area contributed by atoms with Gasteiger partial charge in [-0.3, -0.25) is 0 Å². The maximum atomic E-state index is 13.1. The quantitative estimate of drug-likeness (QED) is 0.792. The van der Waals surface area contributed by atoms with Crippen molar-refractivity contribution in [3.05, 3.63) is 45.7 Å². The van der Waals surface area contributed by atoms with Crippen LogP contribution in [-0.4, -0.2) is 23.3 Å². The molecule has 19 heavy (non-hydrogen) atoms. The van der Waals surface area contributed by atoms with Gasteiger partial charge in [0.2, 0.25) is 0 Å². The molecular weight excluding hydrogens is 261 g/mol. The summed E-state index contributed by atoms with van der Waals surface area (Å²) in [7, 11) is 0. The summed E-state index contributed by atoms with van der Waals surface area (Å²) in [5.41, 5.74) is 0.940. The Kier molecular flexibility index (Phi) is 5.42. The van der Waals surface area contributed by atoms with E-state index in [4.69, 9.17) is 0 Å². The average Bonchev–Trinajstić information content (AvgIpc) is 2.82. The second-order valence-corrected chi connectivity index (χ2v) is 5.50. The summed E-state index contributed by atoms with van der Waals surface area (Å²) in [6.45, 7) is 4.11. The first-order chi connectivity index (χ1) is 9.28. The molecule has 0 atom stereocenters. The van der Waals surface area contributed by atoms with E-state index < -0.39 is 0 Å². The SMILES string of the molecule is CCNCCCc1nnc(Cc2cccc(F)c2)s1. The highest BCUT2D eigenvalue weighted by atomic mass is 32.1. The Morgan fingerprint density at radius 2 is 2.11 bits per heavy atom. The van der Waals surface area contributed by atoms with Crippen LogP contribution in [0, 0.1) is 5.82 Å². The van der Waals surface area contributed by atoms with Crippen LogP contribution in [0.15, 0.2) is 24.3 Å². The maximum Gasteiger partial charge on any atom is 0.123 e. The fourth-order valence-electron chi connectivity index (χ4n) is 1.82. The van der Waals surface area contributed by atoms with Crippen LogP contribution in [0.2, 0.25) is 0 Å². The molecule has 102 valence electrons. The molecule has 0 aliphatic heterocycles. The lowest BCUT2D eigenvalue weighted by atomic mass is 10.1. The van der Waals surface area contributed by atoms with Crippen LogP contribution < -0.4 is 5.32 Å². The van der Waals surface area contributed by atoms with Crippen LogP contribution in [0.3, 0.4) is 0 Å². The topological polar surface area (TPSA) is 37.8 Å². The zero-order valence-corrected chi connectivity index (χ0v) is 11.8. The van der Waals surface area contributed by atoms with Crippen molar-refractivity contribution in [3.63, 3.8) is 0 Å². The summed E-state index contributed by atoms with van der Waals surface area (Å²) in [6.07, 6.45) is 2.68. The van der Waals surface area contributed by atoms with Gasteiger partial charge in [-0.25, -0.2) is 4.39 Å². The number of nitrogens with one attached hydrogen (secondary N) is 1. The number of hydrogen-bond acceptors (Lipinski definition) is 4. The van der Waals surface area contributed by atoms with E-state index in [1.165, 1.54) is 6.07 Å². The number of rotatable bonds is 7. The number of halogens is 1. The average molecular weight is 279 g/mol. The van der Waals surface area contributed by atoms with E-state index in [1.54, 1.807) is 23.5 Å². The van der Waals surface area contributed by atoms with Crippen LogP contribution in [0.1, 0.15) is 28.9 Å². The lowest BCUT2D eigenvalue weighted by molar-refractivity contribution is 0.626. The van der Waals surface area contributed by atoms with Gasteiger partial charge >= 0.3 is 0 Å². The van der Waals surface area contributed by atoms with Crippen molar-refractivity contribution in [2.75, 3.05) is 13.1 Å². The van der Waals surface area contributed by atoms with Gasteiger partial charge in [0.25, 0.3) is 0 Å². The van der Waals surface area contributed by atoms with Crippen LogP contribution in [0.5, 0.6) is 0 Å². The normalized spacial score (nSPS) is 10.8. The first-order valence-corrected chi connectivity index (χ1v) is 7.36. The fraction of sp³-hybridized carbons (Fsp3) is 0.429. The van der Waals surface area contributed by atoms with Gasteiger partial charge in [0.1, 0.15) is 15.8 Å². The largest absolute Gasteiger partial charge is 0.317 e. The highest BCUT2D eigenvalue weighted by Crippen LogP contribution is 2.16. The Morgan fingerprint density at radius 1 is 1.26 bits per heavy atom. The molecule has 0 radical (unpaired) electrons. The summed E-state index contributed by atoms with van der Waals surface area (Å²) in [5, 5.41) is 13.6. The minimum atomic E-state index is -0.201. The van der Waals surface area contributed by atoms with Crippen molar-refractivity contribution in [3.8, 4) is 0 Å². The Hall–Kier alpha value is -1.33. The van der Waals surface area contributed by atoms with Crippen molar-refractivity contribution < 1.29 is 4.39 Å². The molecule has 0 aliphatic rings. The molecule has 0 unspecified atom stereocenters. The zero-order chi connectivity index (χ0) is 13.5. The van der Waals surface area contributed by atoms with Crippen molar-refractivity contribution in [1.29, 1.82) is 0 Å². The lowest BCUT2D eigenvalue weighted by Crippen LogP contribution is -2.14. The molecule has 0 fully saturated rings. The van der Waals surface area contributed by atoms with Gasteiger partial charge in [-0.1, -0.05) is 19.1 Å². The van der Waals surface area contributed by atoms with Crippen molar-refractivity contribution in [2.24, 2.45) is 0 Å². The molecule has 0 spiro atoms. The molecule has 2 rings (SSSR count). The van der Waals surface area contributed by atoms with Crippen molar-refractivity contribution in [2.45, 2.75) is 26.2 Å². The lowest BCUT2D eigenvalue weighted by Gasteiger charge is -1.98. The van der Waals surface area contributed by atoms with E-state index in [0.29, 0.717) is 6.42 Å². The Balaban J connectivity index is 1.87. The molecule has 0 saturated heterocycles. The molecule has 0 aliphatic carbocycles. The second-order valence-electron chi connectivity index (χ2n) is 4.35. The molecule has 3 nitrogen and oxygen atoms in total. The summed E-state index contributed by atoms with van der Waals surface area (Å²) < 4.78 is 13.1. The third-order valence-corrected chi connectivity index (χ3v) is 3.73. The van der Waals surface area contributed by atoms with E-state index >= 15 is 0 Å². The molecule has 1 aromatic heterocycles. The number of hydrogen-bond donors (Lipinski definition) is 1. The van der Waals surface area contributed by atoms with Crippen LogP contribution in [0.4, 0.5) is 4.39 Å². The molecule has 0 amide bonds. The predicted molar refractivity (Wildman–Crippen MR) is 76.0 cm³/mol. The molecule has 2 aromatic rings. The van der Waals surface area contributed by atoms with Gasteiger partial charge in [0.05, 0.1) is 0 Å².